The highest BCUT2D eigenvalue weighted by Crippen LogP contribution is 2.43. The van der Waals surface area contributed by atoms with Crippen molar-refractivity contribution < 1.29 is 57.2 Å². The van der Waals surface area contributed by atoms with Gasteiger partial charge in [0.25, 0.3) is 5.89 Å². The number of hydrogen-bond acceptors (Lipinski definition) is 3. The van der Waals surface area contributed by atoms with Crippen molar-refractivity contribution in [1.82, 2.24) is 14.7 Å². The zero-order chi connectivity index (χ0) is 29.8. The standard InChI is InChI=1S/C23H10F12N4O/c1-36-15-2-3-16-14(18(15)23(33,34)35)7-13(8-20(24,25)26)39(16)9-17-37-19(40-38-17)10-4-11(21(27,28)29)6-12(5-10)22(30,31)32/h2-7H,8-9H2. The average molecular weight is 586 g/mol. The summed E-state index contributed by atoms with van der Waals surface area (Å²) < 4.78 is 165. The summed E-state index contributed by atoms with van der Waals surface area (Å²) >= 11 is 0. The Morgan fingerprint density at radius 1 is 0.800 bits per heavy atom. The summed E-state index contributed by atoms with van der Waals surface area (Å²) in [7, 11) is 0. The van der Waals surface area contributed by atoms with Crippen LogP contribution < -0.4 is 0 Å². The molecule has 0 unspecified atom stereocenters. The van der Waals surface area contributed by atoms with E-state index in [2.05, 4.69) is 15.0 Å². The first-order valence-corrected chi connectivity index (χ1v) is 10.6. The molecule has 40 heavy (non-hydrogen) atoms. The number of fused-ring (bicyclic) bond motifs is 1. The molecule has 0 radical (unpaired) electrons. The Bertz CT molecular complexity index is 1580. The van der Waals surface area contributed by atoms with E-state index in [1.807, 2.05) is 0 Å². The minimum absolute atomic E-state index is 0.147. The lowest BCUT2D eigenvalue weighted by molar-refractivity contribution is -0.143. The van der Waals surface area contributed by atoms with Crippen molar-refractivity contribution in [2.45, 2.75) is 37.7 Å². The molecule has 0 saturated carbocycles. The quantitative estimate of drug-likeness (QED) is 0.178. The molecule has 2 aromatic heterocycles. The third kappa shape index (κ3) is 5.84. The zero-order valence-corrected chi connectivity index (χ0v) is 19.1. The van der Waals surface area contributed by atoms with E-state index in [9.17, 15) is 52.7 Å². The van der Waals surface area contributed by atoms with Gasteiger partial charge in [-0.25, -0.2) is 4.85 Å². The number of halogens is 12. The van der Waals surface area contributed by atoms with E-state index in [1.165, 1.54) is 0 Å². The summed E-state index contributed by atoms with van der Waals surface area (Å²) in [5, 5.41) is 2.64. The van der Waals surface area contributed by atoms with Gasteiger partial charge in [-0.05, 0) is 30.3 Å². The maximum atomic E-state index is 13.7. The Kier molecular flexibility index (Phi) is 6.80. The maximum Gasteiger partial charge on any atom is 0.416 e. The SMILES string of the molecule is [C-]#[N+]c1ccc2c(cc(CC(F)(F)F)n2Cc2noc(-c3cc(C(F)(F)F)cc(C(F)(F)F)c3)n2)c1C(F)(F)F. The molecule has 4 aromatic rings. The van der Waals surface area contributed by atoms with Crippen LogP contribution in [0.4, 0.5) is 58.4 Å². The van der Waals surface area contributed by atoms with Crippen molar-refractivity contribution >= 4 is 16.6 Å². The van der Waals surface area contributed by atoms with E-state index in [-0.39, 0.29) is 18.2 Å². The van der Waals surface area contributed by atoms with E-state index in [0.29, 0.717) is 6.07 Å². The predicted molar refractivity (Wildman–Crippen MR) is 112 cm³/mol. The molecule has 2 heterocycles. The molecule has 2 aromatic carbocycles. The predicted octanol–water partition coefficient (Wildman–Crippen LogP) is 8.45. The smallest absolute Gasteiger partial charge is 0.337 e. The van der Waals surface area contributed by atoms with E-state index in [1.54, 1.807) is 0 Å². The molecule has 0 saturated heterocycles. The number of hydrogen-bond donors (Lipinski definition) is 0. The van der Waals surface area contributed by atoms with Crippen molar-refractivity contribution in [2.75, 3.05) is 0 Å². The monoisotopic (exact) mass is 586 g/mol. The van der Waals surface area contributed by atoms with Gasteiger partial charge in [-0.15, -0.1) is 0 Å². The third-order valence-corrected chi connectivity index (χ3v) is 5.54. The fraction of sp³-hybridized carbons (Fsp3) is 0.261. The lowest BCUT2D eigenvalue weighted by atomic mass is 10.0. The van der Waals surface area contributed by atoms with E-state index in [0.717, 1.165) is 16.7 Å². The summed E-state index contributed by atoms with van der Waals surface area (Å²) in [6, 6.07) is 2.72. The highest BCUT2D eigenvalue weighted by molar-refractivity contribution is 5.90. The van der Waals surface area contributed by atoms with Crippen LogP contribution in [0.2, 0.25) is 0 Å². The van der Waals surface area contributed by atoms with Crippen LogP contribution in [-0.2, 0) is 31.5 Å². The number of benzene rings is 2. The molecule has 0 spiro atoms. The van der Waals surface area contributed by atoms with Gasteiger partial charge in [0.2, 0.25) is 0 Å². The Balaban J connectivity index is 1.84. The van der Waals surface area contributed by atoms with Crippen LogP contribution in [0.15, 0.2) is 40.9 Å². The molecular weight excluding hydrogens is 576 g/mol. The summed E-state index contributed by atoms with van der Waals surface area (Å²) in [5.74, 6) is -1.42. The van der Waals surface area contributed by atoms with Crippen LogP contribution in [0.25, 0.3) is 27.2 Å². The normalized spacial score (nSPS) is 13.2. The zero-order valence-electron chi connectivity index (χ0n) is 19.1. The molecule has 17 heteroatoms. The van der Waals surface area contributed by atoms with Gasteiger partial charge in [0.1, 0.15) is 0 Å². The number of aromatic nitrogens is 3. The van der Waals surface area contributed by atoms with Crippen molar-refractivity contribution in [3.8, 4) is 11.5 Å². The Morgan fingerprint density at radius 3 is 1.90 bits per heavy atom. The second-order valence-corrected chi connectivity index (χ2v) is 8.33. The van der Waals surface area contributed by atoms with Gasteiger partial charge in [-0.3, -0.25) is 0 Å². The van der Waals surface area contributed by atoms with E-state index < -0.39 is 93.9 Å². The lowest BCUT2D eigenvalue weighted by Gasteiger charge is -2.13. The van der Waals surface area contributed by atoms with Gasteiger partial charge in [0.15, 0.2) is 11.5 Å². The number of alkyl halides is 12. The van der Waals surface area contributed by atoms with Gasteiger partial charge in [0, 0.05) is 22.2 Å². The highest BCUT2D eigenvalue weighted by atomic mass is 19.4. The molecule has 0 amide bonds. The van der Waals surface area contributed by atoms with Crippen molar-refractivity contribution in [3.63, 3.8) is 0 Å². The third-order valence-electron chi connectivity index (χ3n) is 5.54. The highest BCUT2D eigenvalue weighted by Gasteiger charge is 2.39. The minimum atomic E-state index is -5.20. The molecule has 0 aliphatic carbocycles. The van der Waals surface area contributed by atoms with Crippen molar-refractivity contribution in [3.05, 3.63) is 76.0 Å². The molecule has 0 atom stereocenters. The van der Waals surface area contributed by atoms with Gasteiger partial charge in [-0.1, -0.05) is 11.2 Å². The lowest BCUT2D eigenvalue weighted by Crippen LogP contribution is -2.16. The van der Waals surface area contributed by atoms with E-state index in [4.69, 9.17) is 11.1 Å². The van der Waals surface area contributed by atoms with Crippen molar-refractivity contribution in [2.24, 2.45) is 0 Å². The minimum Gasteiger partial charge on any atom is -0.337 e. The van der Waals surface area contributed by atoms with Crippen LogP contribution in [0.5, 0.6) is 0 Å². The van der Waals surface area contributed by atoms with Crippen LogP contribution in [-0.4, -0.2) is 20.9 Å². The van der Waals surface area contributed by atoms with Gasteiger partial charge >= 0.3 is 24.7 Å². The Labute approximate surface area is 214 Å². The fourth-order valence-electron chi connectivity index (χ4n) is 3.96. The Morgan fingerprint density at radius 2 is 1.40 bits per heavy atom. The summed E-state index contributed by atoms with van der Waals surface area (Å²) in [4.78, 5) is 6.43. The first-order valence-electron chi connectivity index (χ1n) is 10.6. The number of nitrogens with zero attached hydrogens (tertiary/aromatic N) is 4. The van der Waals surface area contributed by atoms with Gasteiger partial charge in [-0.2, -0.15) is 57.7 Å². The fourth-order valence-corrected chi connectivity index (χ4v) is 3.96. The first-order chi connectivity index (χ1) is 18.3. The summed E-state index contributed by atoms with van der Waals surface area (Å²) in [6.07, 6.45) is -22.1. The molecule has 0 aliphatic rings. The second-order valence-electron chi connectivity index (χ2n) is 8.33. The maximum absolute atomic E-state index is 13.7. The van der Waals surface area contributed by atoms with Crippen LogP contribution in [0.1, 0.15) is 28.2 Å². The van der Waals surface area contributed by atoms with E-state index >= 15 is 0 Å². The van der Waals surface area contributed by atoms with Crippen LogP contribution in [0.3, 0.4) is 0 Å². The van der Waals surface area contributed by atoms with Gasteiger partial charge < -0.3 is 9.09 Å². The van der Waals surface area contributed by atoms with Crippen molar-refractivity contribution in [1.29, 1.82) is 0 Å². The Hall–Kier alpha value is -4.23. The van der Waals surface area contributed by atoms with Crippen LogP contribution >= 0.6 is 0 Å². The second kappa shape index (κ2) is 9.45. The topological polar surface area (TPSA) is 48.2 Å². The van der Waals surface area contributed by atoms with Crippen LogP contribution in [0, 0.1) is 6.57 Å². The molecule has 4 rings (SSSR count). The first kappa shape index (κ1) is 28.8. The summed E-state index contributed by atoms with van der Waals surface area (Å²) in [6.45, 7) is 6.17. The molecule has 0 fully saturated rings. The average Bonchev–Trinajstić information content (AvgIpc) is 3.40. The molecule has 0 bridgehead atoms. The largest absolute Gasteiger partial charge is 0.416 e. The molecule has 0 aliphatic heterocycles. The molecule has 5 nitrogen and oxygen atoms in total. The number of rotatable bonds is 4. The molecule has 212 valence electrons. The molecular formula is C23H10F12N4O. The molecule has 0 N–H and O–H groups in total. The van der Waals surface area contributed by atoms with Gasteiger partial charge in [0.05, 0.1) is 36.2 Å². The summed E-state index contributed by atoms with van der Waals surface area (Å²) in [5.41, 5.74) is -7.69.